The Morgan fingerprint density at radius 1 is 1.00 bits per heavy atom. The summed E-state index contributed by atoms with van der Waals surface area (Å²) < 4.78 is 0. The first-order chi connectivity index (χ1) is 11.8. The highest BCUT2D eigenvalue weighted by Crippen LogP contribution is 2.65. The molecule has 0 spiro atoms. The highest BCUT2D eigenvalue weighted by Gasteiger charge is 2.59. The number of hydrogen-bond donors (Lipinski definition) is 2. The molecule has 4 aliphatic rings. The van der Waals surface area contributed by atoms with Gasteiger partial charge in [-0.1, -0.05) is 13.8 Å². The van der Waals surface area contributed by atoms with Gasteiger partial charge in [-0.05, 0) is 99.2 Å². The van der Waals surface area contributed by atoms with Crippen molar-refractivity contribution in [1.82, 2.24) is 0 Å². The quantitative estimate of drug-likeness (QED) is 0.798. The average Bonchev–Trinajstić information content (AvgIpc) is 2.91. The van der Waals surface area contributed by atoms with E-state index in [0.717, 1.165) is 43.4 Å². The molecule has 0 aromatic rings. The topological polar surface area (TPSA) is 57.5 Å². The van der Waals surface area contributed by atoms with Crippen molar-refractivity contribution in [1.29, 1.82) is 0 Å². The van der Waals surface area contributed by atoms with Gasteiger partial charge < -0.3 is 10.2 Å². The van der Waals surface area contributed by atoms with Crippen LogP contribution < -0.4 is 0 Å². The minimum Gasteiger partial charge on any atom is -0.390 e. The van der Waals surface area contributed by atoms with Crippen LogP contribution in [0.5, 0.6) is 0 Å². The highest BCUT2D eigenvalue weighted by atomic mass is 16.3. The standard InChI is InChI=1S/C22H36O3/c1-13-10-16-14(15-6-8-21(2,25)11-17(13)15)7-9-22(3)18(16)4-5-19(22)20(24)12-23/h13-19,23,25H,4-12H2,1-3H3/t13-,14-,15-,16-,17-,18+,19-,21+,22+/m1/s1. The molecule has 25 heavy (non-hydrogen) atoms. The van der Waals surface area contributed by atoms with Crippen LogP contribution in [0.3, 0.4) is 0 Å². The van der Waals surface area contributed by atoms with E-state index in [1.807, 2.05) is 6.92 Å². The molecule has 0 saturated heterocycles. The predicted molar refractivity (Wildman–Crippen MR) is 97.9 cm³/mol. The average molecular weight is 349 g/mol. The number of aliphatic hydroxyl groups is 2. The molecular weight excluding hydrogens is 312 g/mol. The number of Topliss-reactive ketones (excluding diaryl/α,β-unsaturated/α-hetero) is 1. The van der Waals surface area contributed by atoms with Crippen molar-refractivity contribution in [2.24, 2.45) is 46.8 Å². The SMILES string of the molecule is C[C@@H]1C[C@@H]2[C@H](CC[C@]3(C)[C@@H](C(=O)CO)CC[C@@H]23)[C@H]2CC[C@](C)(O)C[C@@H]21. The molecule has 0 amide bonds. The monoisotopic (exact) mass is 348 g/mol. The second-order valence-electron chi connectivity index (χ2n) is 10.5. The summed E-state index contributed by atoms with van der Waals surface area (Å²) in [5.74, 6) is 4.55. The third-order valence-corrected chi connectivity index (χ3v) is 9.20. The minimum absolute atomic E-state index is 0.0823. The van der Waals surface area contributed by atoms with E-state index in [9.17, 15) is 15.0 Å². The van der Waals surface area contributed by atoms with Gasteiger partial charge in [0.1, 0.15) is 6.61 Å². The van der Waals surface area contributed by atoms with E-state index in [-0.39, 0.29) is 23.7 Å². The van der Waals surface area contributed by atoms with Crippen LogP contribution in [0.4, 0.5) is 0 Å². The first-order valence-electron chi connectivity index (χ1n) is 10.6. The molecule has 9 atom stereocenters. The summed E-state index contributed by atoms with van der Waals surface area (Å²) in [5.41, 5.74) is -0.342. The molecule has 0 unspecified atom stereocenters. The number of carbonyl (C=O) groups excluding carboxylic acids is 1. The normalized spacial score (nSPS) is 55.2. The Morgan fingerprint density at radius 3 is 2.40 bits per heavy atom. The van der Waals surface area contributed by atoms with E-state index < -0.39 is 5.60 Å². The zero-order chi connectivity index (χ0) is 18.0. The van der Waals surface area contributed by atoms with Gasteiger partial charge >= 0.3 is 0 Å². The Bertz CT molecular complexity index is 541. The molecule has 3 heteroatoms. The lowest BCUT2D eigenvalue weighted by molar-refractivity contribution is -0.138. The molecule has 0 aromatic heterocycles. The second kappa shape index (κ2) is 6.05. The van der Waals surface area contributed by atoms with E-state index in [1.165, 1.54) is 25.7 Å². The van der Waals surface area contributed by atoms with Gasteiger partial charge in [-0.3, -0.25) is 4.79 Å². The summed E-state index contributed by atoms with van der Waals surface area (Å²) in [6, 6.07) is 0. The summed E-state index contributed by atoms with van der Waals surface area (Å²) in [5, 5.41) is 20.0. The Morgan fingerprint density at radius 2 is 1.68 bits per heavy atom. The number of rotatable bonds is 2. The molecule has 4 saturated carbocycles. The fourth-order valence-electron chi connectivity index (χ4n) is 8.04. The van der Waals surface area contributed by atoms with Crippen molar-refractivity contribution in [2.75, 3.05) is 6.61 Å². The fraction of sp³-hybridized carbons (Fsp3) is 0.955. The maximum Gasteiger partial charge on any atom is 0.161 e. The van der Waals surface area contributed by atoms with Crippen molar-refractivity contribution in [3.8, 4) is 0 Å². The lowest BCUT2D eigenvalue weighted by atomic mass is 9.47. The van der Waals surface area contributed by atoms with E-state index in [2.05, 4.69) is 13.8 Å². The van der Waals surface area contributed by atoms with E-state index in [1.54, 1.807) is 0 Å². The molecule has 0 bridgehead atoms. The van der Waals surface area contributed by atoms with Gasteiger partial charge in [-0.2, -0.15) is 0 Å². The maximum atomic E-state index is 12.3. The minimum atomic E-state index is -0.461. The molecule has 4 fully saturated rings. The van der Waals surface area contributed by atoms with Crippen molar-refractivity contribution < 1.29 is 15.0 Å². The van der Waals surface area contributed by atoms with Gasteiger partial charge in [-0.25, -0.2) is 0 Å². The lowest BCUT2D eigenvalue weighted by Gasteiger charge is -2.58. The summed E-state index contributed by atoms with van der Waals surface area (Å²) in [7, 11) is 0. The summed E-state index contributed by atoms with van der Waals surface area (Å²) in [6.45, 7) is 6.51. The van der Waals surface area contributed by atoms with Gasteiger partial charge in [-0.15, -0.1) is 0 Å². The smallest absolute Gasteiger partial charge is 0.161 e. The first kappa shape index (κ1) is 18.0. The third-order valence-electron chi connectivity index (χ3n) is 9.20. The third kappa shape index (κ3) is 2.72. The number of carbonyl (C=O) groups is 1. The molecular formula is C22H36O3. The summed E-state index contributed by atoms with van der Waals surface area (Å²) in [6.07, 6.45) is 8.98. The van der Waals surface area contributed by atoms with Crippen LogP contribution >= 0.6 is 0 Å². The molecule has 0 aliphatic heterocycles. The zero-order valence-corrected chi connectivity index (χ0v) is 16.2. The van der Waals surface area contributed by atoms with Crippen molar-refractivity contribution in [3.05, 3.63) is 0 Å². The van der Waals surface area contributed by atoms with Crippen LogP contribution in [0.25, 0.3) is 0 Å². The van der Waals surface area contributed by atoms with Crippen molar-refractivity contribution in [3.63, 3.8) is 0 Å². The van der Waals surface area contributed by atoms with Gasteiger partial charge in [0, 0.05) is 5.92 Å². The molecule has 0 heterocycles. The fourth-order valence-corrected chi connectivity index (χ4v) is 8.04. The molecule has 4 aliphatic carbocycles. The zero-order valence-electron chi connectivity index (χ0n) is 16.2. The van der Waals surface area contributed by atoms with Crippen LogP contribution in [0, 0.1) is 46.8 Å². The Labute approximate surface area is 152 Å². The Hall–Kier alpha value is -0.410. The molecule has 4 rings (SSSR count). The summed E-state index contributed by atoms with van der Waals surface area (Å²) >= 11 is 0. The predicted octanol–water partition coefficient (Wildman–Crippen LogP) is 3.81. The molecule has 0 aromatic carbocycles. The summed E-state index contributed by atoms with van der Waals surface area (Å²) in [4.78, 5) is 12.3. The Balaban J connectivity index is 1.58. The van der Waals surface area contributed by atoms with Crippen LogP contribution in [-0.4, -0.2) is 28.2 Å². The van der Waals surface area contributed by atoms with E-state index in [0.29, 0.717) is 17.8 Å². The largest absolute Gasteiger partial charge is 0.390 e. The molecule has 0 radical (unpaired) electrons. The van der Waals surface area contributed by atoms with E-state index in [4.69, 9.17) is 0 Å². The number of hydrogen-bond acceptors (Lipinski definition) is 3. The second-order valence-corrected chi connectivity index (χ2v) is 10.5. The highest BCUT2D eigenvalue weighted by molar-refractivity contribution is 5.83. The van der Waals surface area contributed by atoms with E-state index >= 15 is 0 Å². The van der Waals surface area contributed by atoms with Crippen LogP contribution in [0.15, 0.2) is 0 Å². The van der Waals surface area contributed by atoms with Gasteiger partial charge in [0.15, 0.2) is 5.78 Å². The number of fused-ring (bicyclic) bond motifs is 5. The molecule has 142 valence electrons. The van der Waals surface area contributed by atoms with Crippen LogP contribution in [0.2, 0.25) is 0 Å². The maximum absolute atomic E-state index is 12.3. The van der Waals surface area contributed by atoms with Gasteiger partial charge in [0.2, 0.25) is 0 Å². The lowest BCUT2D eigenvalue weighted by Crippen LogP contribution is -2.53. The number of aliphatic hydroxyl groups excluding tert-OH is 1. The Kier molecular flexibility index (Phi) is 4.35. The van der Waals surface area contributed by atoms with Crippen LogP contribution in [0.1, 0.15) is 72.1 Å². The van der Waals surface area contributed by atoms with Gasteiger partial charge in [0.05, 0.1) is 5.60 Å². The van der Waals surface area contributed by atoms with Gasteiger partial charge in [0.25, 0.3) is 0 Å². The molecule has 2 N–H and O–H groups in total. The molecule has 3 nitrogen and oxygen atoms in total. The first-order valence-corrected chi connectivity index (χ1v) is 10.6. The number of ketones is 1. The van der Waals surface area contributed by atoms with Crippen molar-refractivity contribution in [2.45, 2.75) is 77.7 Å². The van der Waals surface area contributed by atoms with Crippen molar-refractivity contribution >= 4 is 5.78 Å². The van der Waals surface area contributed by atoms with Crippen LogP contribution in [-0.2, 0) is 4.79 Å².